The molecule has 0 aliphatic heterocycles. The highest BCUT2D eigenvalue weighted by Gasteiger charge is 2.16. The largest absolute Gasteiger partial charge is 0.493 e. The van der Waals surface area contributed by atoms with Crippen molar-refractivity contribution in [3.05, 3.63) is 57.8 Å². The fraction of sp³-hybridized carbons (Fsp3) is 0.333. The molecule has 0 saturated heterocycles. The van der Waals surface area contributed by atoms with Crippen LogP contribution in [0.2, 0.25) is 0 Å². The molecule has 0 unspecified atom stereocenters. The molecule has 0 aliphatic carbocycles. The second-order valence-corrected chi connectivity index (χ2v) is 9.79. The van der Waals surface area contributed by atoms with Crippen LogP contribution in [0.5, 0.6) is 11.5 Å². The molecule has 35 heavy (non-hydrogen) atoms. The molecule has 9 nitrogen and oxygen atoms in total. The summed E-state index contributed by atoms with van der Waals surface area (Å²) in [5, 5.41) is 14.7. The zero-order valence-corrected chi connectivity index (χ0v) is 22.6. The standard InChI is InChI=1S/C24H28BrN5O4S/c1-14(2)17-11-16(25)7-8-18(17)27-22(31)13-35-24-29-28-21(30(24)3)12-26-23(32)15-6-9-19(33-4)20(10-15)34-5/h6-11,14H,12-13H2,1-5H3,(H,26,32)(H,27,31). The summed E-state index contributed by atoms with van der Waals surface area (Å²) in [6, 6.07) is 10.8. The molecule has 2 N–H and O–H groups in total. The highest BCUT2D eigenvalue weighted by Crippen LogP contribution is 2.29. The first-order valence-corrected chi connectivity index (χ1v) is 12.6. The number of halogens is 1. The average Bonchev–Trinajstić information content (AvgIpc) is 3.20. The quantitative estimate of drug-likeness (QED) is 0.353. The molecule has 0 fully saturated rings. The van der Waals surface area contributed by atoms with Crippen LogP contribution in [-0.4, -0.2) is 46.6 Å². The van der Waals surface area contributed by atoms with Crippen LogP contribution in [0, 0.1) is 0 Å². The summed E-state index contributed by atoms with van der Waals surface area (Å²) in [6.07, 6.45) is 0. The van der Waals surface area contributed by atoms with E-state index in [1.165, 1.54) is 26.0 Å². The van der Waals surface area contributed by atoms with E-state index in [0.29, 0.717) is 28.0 Å². The van der Waals surface area contributed by atoms with Gasteiger partial charge in [-0.2, -0.15) is 0 Å². The highest BCUT2D eigenvalue weighted by molar-refractivity contribution is 9.10. The van der Waals surface area contributed by atoms with Crippen molar-refractivity contribution in [2.75, 3.05) is 25.3 Å². The topological polar surface area (TPSA) is 107 Å². The van der Waals surface area contributed by atoms with Crippen LogP contribution in [0.15, 0.2) is 46.0 Å². The molecule has 0 saturated carbocycles. The van der Waals surface area contributed by atoms with Crippen molar-refractivity contribution in [3.63, 3.8) is 0 Å². The number of hydrogen-bond donors (Lipinski definition) is 2. The number of benzene rings is 2. The smallest absolute Gasteiger partial charge is 0.251 e. The lowest BCUT2D eigenvalue weighted by atomic mass is 10.0. The Balaban J connectivity index is 1.57. The number of ether oxygens (including phenoxy) is 2. The van der Waals surface area contributed by atoms with Crippen LogP contribution < -0.4 is 20.1 Å². The maximum absolute atomic E-state index is 12.6. The monoisotopic (exact) mass is 561 g/mol. The van der Waals surface area contributed by atoms with E-state index in [2.05, 4.69) is 50.6 Å². The van der Waals surface area contributed by atoms with Gasteiger partial charge in [-0.05, 0) is 47.9 Å². The lowest BCUT2D eigenvalue weighted by Gasteiger charge is -2.14. The van der Waals surface area contributed by atoms with Crippen molar-refractivity contribution >= 4 is 45.2 Å². The van der Waals surface area contributed by atoms with Crippen LogP contribution in [-0.2, 0) is 18.4 Å². The number of rotatable bonds is 10. The molecule has 3 aromatic rings. The normalized spacial score (nSPS) is 10.8. The zero-order valence-electron chi connectivity index (χ0n) is 20.2. The van der Waals surface area contributed by atoms with E-state index in [0.717, 1.165) is 15.7 Å². The third kappa shape index (κ3) is 6.76. The SMILES string of the molecule is COc1ccc(C(=O)NCc2nnc(SCC(=O)Nc3ccc(Br)cc3C(C)C)n2C)cc1OC. The molecule has 2 amide bonds. The van der Waals surface area contributed by atoms with Crippen molar-refractivity contribution in [1.29, 1.82) is 0 Å². The van der Waals surface area contributed by atoms with Crippen molar-refractivity contribution in [1.82, 2.24) is 20.1 Å². The summed E-state index contributed by atoms with van der Waals surface area (Å²) in [6.45, 7) is 4.34. The van der Waals surface area contributed by atoms with Crippen molar-refractivity contribution in [2.24, 2.45) is 7.05 Å². The van der Waals surface area contributed by atoms with Gasteiger partial charge in [-0.15, -0.1) is 10.2 Å². The first kappa shape index (κ1) is 26.6. The van der Waals surface area contributed by atoms with Crippen LogP contribution in [0.25, 0.3) is 0 Å². The lowest BCUT2D eigenvalue weighted by molar-refractivity contribution is -0.113. The van der Waals surface area contributed by atoms with E-state index in [1.54, 1.807) is 29.8 Å². The molecule has 0 bridgehead atoms. The molecule has 1 aromatic heterocycles. The molecule has 0 atom stereocenters. The summed E-state index contributed by atoms with van der Waals surface area (Å²) in [4.78, 5) is 25.1. The van der Waals surface area contributed by atoms with Gasteiger partial charge in [0.05, 0.1) is 26.5 Å². The molecule has 0 aliphatic rings. The van der Waals surface area contributed by atoms with Crippen molar-refractivity contribution < 1.29 is 19.1 Å². The number of aromatic nitrogens is 3. The Morgan fingerprint density at radius 1 is 1.09 bits per heavy atom. The number of anilines is 1. The van der Waals surface area contributed by atoms with Crippen molar-refractivity contribution in [2.45, 2.75) is 31.5 Å². The van der Waals surface area contributed by atoms with Gasteiger partial charge in [0.25, 0.3) is 5.91 Å². The van der Waals surface area contributed by atoms with Crippen LogP contribution in [0.3, 0.4) is 0 Å². The Hall–Kier alpha value is -3.05. The first-order valence-electron chi connectivity index (χ1n) is 10.8. The number of methoxy groups -OCH3 is 2. The maximum atomic E-state index is 12.6. The predicted octanol–water partition coefficient (Wildman–Crippen LogP) is 4.38. The minimum Gasteiger partial charge on any atom is -0.493 e. The van der Waals surface area contributed by atoms with Gasteiger partial charge >= 0.3 is 0 Å². The predicted molar refractivity (Wildman–Crippen MR) is 139 cm³/mol. The summed E-state index contributed by atoms with van der Waals surface area (Å²) in [7, 11) is 4.85. The highest BCUT2D eigenvalue weighted by atomic mass is 79.9. The third-order valence-electron chi connectivity index (χ3n) is 5.22. The number of nitrogens with one attached hydrogen (secondary N) is 2. The number of hydrogen-bond acceptors (Lipinski definition) is 7. The molecule has 3 rings (SSSR count). The van der Waals surface area contributed by atoms with Gasteiger partial charge in [-0.3, -0.25) is 9.59 Å². The number of carbonyl (C=O) groups excluding carboxylic acids is 2. The van der Waals surface area contributed by atoms with Gasteiger partial charge < -0.3 is 24.7 Å². The Morgan fingerprint density at radius 3 is 2.51 bits per heavy atom. The number of thioether (sulfide) groups is 1. The molecular weight excluding hydrogens is 534 g/mol. The Morgan fingerprint density at radius 2 is 1.83 bits per heavy atom. The number of carbonyl (C=O) groups is 2. The molecular formula is C24H28BrN5O4S. The Bertz CT molecular complexity index is 1210. The molecule has 186 valence electrons. The first-order chi connectivity index (χ1) is 16.7. The number of amides is 2. The zero-order chi connectivity index (χ0) is 25.5. The van der Waals surface area contributed by atoms with Crippen LogP contribution in [0.1, 0.15) is 41.5 Å². The molecule has 0 radical (unpaired) electrons. The van der Waals surface area contributed by atoms with Crippen LogP contribution >= 0.6 is 27.7 Å². The minimum atomic E-state index is -0.280. The molecule has 2 aromatic carbocycles. The minimum absolute atomic E-state index is 0.134. The summed E-state index contributed by atoms with van der Waals surface area (Å²) in [5.74, 6) is 1.62. The van der Waals surface area contributed by atoms with E-state index in [9.17, 15) is 9.59 Å². The van der Waals surface area contributed by atoms with Crippen LogP contribution in [0.4, 0.5) is 5.69 Å². The molecule has 1 heterocycles. The van der Waals surface area contributed by atoms with E-state index in [4.69, 9.17) is 9.47 Å². The Kier molecular flexibility index (Phi) is 9.16. The van der Waals surface area contributed by atoms with E-state index in [-0.39, 0.29) is 30.0 Å². The van der Waals surface area contributed by atoms with Gasteiger partial charge in [0.2, 0.25) is 5.91 Å². The second kappa shape index (κ2) is 12.1. The summed E-state index contributed by atoms with van der Waals surface area (Å²) < 4.78 is 13.2. The molecule has 11 heteroatoms. The summed E-state index contributed by atoms with van der Waals surface area (Å²) >= 11 is 4.76. The van der Waals surface area contributed by atoms with Gasteiger partial charge in [-0.1, -0.05) is 41.5 Å². The fourth-order valence-corrected chi connectivity index (χ4v) is 4.41. The van der Waals surface area contributed by atoms with Gasteiger partial charge in [-0.25, -0.2) is 0 Å². The maximum Gasteiger partial charge on any atom is 0.251 e. The van der Waals surface area contributed by atoms with E-state index >= 15 is 0 Å². The fourth-order valence-electron chi connectivity index (χ4n) is 3.31. The molecule has 0 spiro atoms. The van der Waals surface area contributed by atoms with Gasteiger partial charge in [0, 0.05) is 22.8 Å². The van der Waals surface area contributed by atoms with Gasteiger partial charge in [0.1, 0.15) is 0 Å². The average molecular weight is 562 g/mol. The van der Waals surface area contributed by atoms with E-state index in [1.807, 2.05) is 18.2 Å². The van der Waals surface area contributed by atoms with Crippen molar-refractivity contribution in [3.8, 4) is 11.5 Å². The third-order valence-corrected chi connectivity index (χ3v) is 6.73. The lowest BCUT2D eigenvalue weighted by Crippen LogP contribution is -2.24. The summed E-state index contributed by atoms with van der Waals surface area (Å²) in [5.41, 5.74) is 2.29. The number of nitrogens with zero attached hydrogens (tertiary/aromatic N) is 3. The second-order valence-electron chi connectivity index (χ2n) is 7.93. The van der Waals surface area contributed by atoms with E-state index < -0.39 is 0 Å². The van der Waals surface area contributed by atoms with Gasteiger partial charge in [0.15, 0.2) is 22.5 Å². The Labute approximate surface area is 217 Å².